The van der Waals surface area contributed by atoms with Crippen molar-refractivity contribution in [3.8, 4) is 0 Å². The van der Waals surface area contributed by atoms with Gasteiger partial charge in [-0.2, -0.15) is 0 Å². The van der Waals surface area contributed by atoms with Crippen LogP contribution in [0.1, 0.15) is 38.7 Å². The van der Waals surface area contributed by atoms with Crippen LogP contribution in [0.2, 0.25) is 0 Å². The molecule has 0 radical (unpaired) electrons. The van der Waals surface area contributed by atoms with E-state index < -0.39 is 0 Å². The van der Waals surface area contributed by atoms with Gasteiger partial charge in [0.15, 0.2) is 0 Å². The molecule has 3 N–H and O–H groups in total. The average Bonchev–Trinajstić information content (AvgIpc) is 2.41. The molecule has 3 nitrogen and oxygen atoms in total. The van der Waals surface area contributed by atoms with E-state index in [0.717, 1.165) is 24.3 Å². The Balaban J connectivity index is 1.86. The molecule has 2 rings (SSSR count). The highest BCUT2D eigenvalue weighted by Gasteiger charge is 2.24. The highest BCUT2D eigenvalue weighted by molar-refractivity contribution is 5.92. The Labute approximate surface area is 121 Å². The number of nitrogens with one attached hydrogen (secondary N) is 1. The van der Waals surface area contributed by atoms with Crippen LogP contribution in [0.5, 0.6) is 0 Å². The molecule has 108 valence electrons. The minimum Gasteiger partial charge on any atom is -0.399 e. The van der Waals surface area contributed by atoms with Crippen LogP contribution in [0.4, 0.5) is 5.69 Å². The van der Waals surface area contributed by atoms with Gasteiger partial charge in [-0.05, 0) is 54.9 Å². The lowest BCUT2D eigenvalue weighted by Crippen LogP contribution is -2.39. The lowest BCUT2D eigenvalue weighted by Gasteiger charge is -2.32. The Morgan fingerprint density at radius 1 is 1.30 bits per heavy atom. The Kier molecular flexibility index (Phi) is 4.83. The van der Waals surface area contributed by atoms with Crippen molar-refractivity contribution in [3.05, 3.63) is 35.9 Å². The number of nitrogens with two attached hydrogens (primary N) is 1. The Morgan fingerprint density at radius 3 is 2.80 bits per heavy atom. The summed E-state index contributed by atoms with van der Waals surface area (Å²) in [5.41, 5.74) is 7.37. The summed E-state index contributed by atoms with van der Waals surface area (Å²) in [7, 11) is 0. The molecule has 0 spiro atoms. The molecule has 3 atom stereocenters. The van der Waals surface area contributed by atoms with Gasteiger partial charge in [0.2, 0.25) is 5.91 Å². The third-order valence-corrected chi connectivity index (χ3v) is 4.28. The number of hydrogen-bond acceptors (Lipinski definition) is 2. The van der Waals surface area contributed by atoms with E-state index in [1.165, 1.54) is 6.42 Å². The van der Waals surface area contributed by atoms with E-state index in [2.05, 4.69) is 19.2 Å². The molecular formula is C17H24N2O. The number of carbonyl (C=O) groups is 1. The fourth-order valence-electron chi connectivity index (χ4n) is 2.76. The zero-order valence-corrected chi connectivity index (χ0v) is 12.3. The van der Waals surface area contributed by atoms with Crippen LogP contribution in [0, 0.1) is 11.8 Å². The van der Waals surface area contributed by atoms with Gasteiger partial charge in [0, 0.05) is 17.8 Å². The highest BCUT2D eigenvalue weighted by Crippen LogP contribution is 2.29. The van der Waals surface area contributed by atoms with Crippen LogP contribution < -0.4 is 11.1 Å². The molecule has 0 aromatic heterocycles. The molecule has 3 heteroatoms. The van der Waals surface area contributed by atoms with Crippen LogP contribution in [-0.2, 0) is 4.79 Å². The minimum absolute atomic E-state index is 0.0147. The lowest BCUT2D eigenvalue weighted by atomic mass is 9.79. The molecule has 20 heavy (non-hydrogen) atoms. The van der Waals surface area contributed by atoms with Crippen molar-refractivity contribution >= 4 is 17.7 Å². The fraction of sp³-hybridized carbons (Fsp3) is 0.471. The van der Waals surface area contributed by atoms with Crippen LogP contribution in [0.15, 0.2) is 30.3 Å². The van der Waals surface area contributed by atoms with Gasteiger partial charge in [0.05, 0.1) is 0 Å². The fourth-order valence-corrected chi connectivity index (χ4v) is 2.76. The monoisotopic (exact) mass is 272 g/mol. The maximum atomic E-state index is 11.9. The average molecular weight is 272 g/mol. The van der Waals surface area contributed by atoms with Crippen molar-refractivity contribution in [2.45, 2.75) is 39.2 Å². The lowest BCUT2D eigenvalue weighted by molar-refractivity contribution is -0.117. The van der Waals surface area contributed by atoms with Crippen molar-refractivity contribution in [3.63, 3.8) is 0 Å². The number of carbonyl (C=O) groups excluding carboxylic acids is 1. The van der Waals surface area contributed by atoms with E-state index in [1.54, 1.807) is 12.2 Å². The first-order chi connectivity index (χ1) is 9.54. The topological polar surface area (TPSA) is 55.1 Å². The Morgan fingerprint density at radius 2 is 2.10 bits per heavy atom. The van der Waals surface area contributed by atoms with E-state index in [4.69, 9.17) is 5.73 Å². The standard InChI is InChI=1S/C17H24N2O/c1-12-6-8-16(10-13(12)2)19-17(20)9-7-14-4-3-5-15(18)11-14/h3-5,7,9,11-13,16H,6,8,10,18H2,1-2H3,(H,19,20)/b9-7+. The molecule has 0 saturated heterocycles. The first-order valence-electron chi connectivity index (χ1n) is 7.38. The second-order valence-electron chi connectivity index (χ2n) is 5.98. The number of nitrogen functional groups attached to an aromatic ring is 1. The first kappa shape index (κ1) is 14.6. The molecule has 0 heterocycles. The minimum atomic E-state index is -0.0147. The van der Waals surface area contributed by atoms with E-state index in [9.17, 15) is 4.79 Å². The predicted molar refractivity (Wildman–Crippen MR) is 84.0 cm³/mol. The van der Waals surface area contributed by atoms with Gasteiger partial charge in [-0.1, -0.05) is 26.0 Å². The van der Waals surface area contributed by atoms with Crippen molar-refractivity contribution in [2.75, 3.05) is 5.73 Å². The van der Waals surface area contributed by atoms with Gasteiger partial charge in [-0.15, -0.1) is 0 Å². The number of benzene rings is 1. The molecule has 0 bridgehead atoms. The van der Waals surface area contributed by atoms with Gasteiger partial charge in [0.25, 0.3) is 0 Å². The Hall–Kier alpha value is -1.77. The number of hydrogen-bond donors (Lipinski definition) is 2. The van der Waals surface area contributed by atoms with Gasteiger partial charge in [-0.3, -0.25) is 4.79 Å². The van der Waals surface area contributed by atoms with Gasteiger partial charge in [0.1, 0.15) is 0 Å². The van der Waals surface area contributed by atoms with Crippen molar-refractivity contribution < 1.29 is 4.79 Å². The molecule has 3 unspecified atom stereocenters. The first-order valence-corrected chi connectivity index (χ1v) is 7.38. The van der Waals surface area contributed by atoms with E-state index in [-0.39, 0.29) is 5.91 Å². The summed E-state index contributed by atoms with van der Waals surface area (Å²) in [6.07, 6.45) is 6.77. The summed E-state index contributed by atoms with van der Waals surface area (Å²) in [6.45, 7) is 4.56. The van der Waals surface area contributed by atoms with Crippen molar-refractivity contribution in [1.82, 2.24) is 5.32 Å². The highest BCUT2D eigenvalue weighted by atomic mass is 16.1. The third-order valence-electron chi connectivity index (χ3n) is 4.28. The molecule has 1 amide bonds. The largest absolute Gasteiger partial charge is 0.399 e. The maximum absolute atomic E-state index is 11.9. The van der Waals surface area contributed by atoms with Crippen LogP contribution >= 0.6 is 0 Å². The summed E-state index contributed by atoms with van der Waals surface area (Å²) in [5, 5.41) is 3.10. The molecule has 1 aromatic carbocycles. The molecule has 1 saturated carbocycles. The van der Waals surface area contributed by atoms with Gasteiger partial charge in [-0.25, -0.2) is 0 Å². The van der Waals surface area contributed by atoms with E-state index >= 15 is 0 Å². The zero-order valence-electron chi connectivity index (χ0n) is 12.3. The molecule has 1 aromatic rings. The summed E-state index contributed by atoms with van der Waals surface area (Å²) >= 11 is 0. The normalized spacial score (nSPS) is 26.6. The molecule has 1 fully saturated rings. The van der Waals surface area contributed by atoms with Crippen molar-refractivity contribution in [1.29, 1.82) is 0 Å². The third kappa shape index (κ3) is 4.12. The molecule has 0 aliphatic heterocycles. The van der Waals surface area contributed by atoms with Gasteiger partial charge >= 0.3 is 0 Å². The number of amides is 1. The zero-order chi connectivity index (χ0) is 14.5. The summed E-state index contributed by atoms with van der Waals surface area (Å²) < 4.78 is 0. The summed E-state index contributed by atoms with van der Waals surface area (Å²) in [4.78, 5) is 11.9. The number of rotatable bonds is 3. The van der Waals surface area contributed by atoms with Crippen LogP contribution in [0.25, 0.3) is 6.08 Å². The van der Waals surface area contributed by atoms with Gasteiger partial charge < -0.3 is 11.1 Å². The predicted octanol–water partition coefficient (Wildman–Crippen LogP) is 3.22. The smallest absolute Gasteiger partial charge is 0.244 e. The van der Waals surface area contributed by atoms with E-state index in [1.807, 2.05) is 24.3 Å². The molecule has 1 aliphatic rings. The number of anilines is 1. The Bertz CT molecular complexity index is 496. The molecule has 1 aliphatic carbocycles. The summed E-state index contributed by atoms with van der Waals surface area (Å²) in [6, 6.07) is 7.83. The summed E-state index contributed by atoms with van der Waals surface area (Å²) in [5.74, 6) is 1.44. The van der Waals surface area contributed by atoms with Crippen molar-refractivity contribution in [2.24, 2.45) is 11.8 Å². The second-order valence-corrected chi connectivity index (χ2v) is 5.98. The van der Waals surface area contributed by atoms with Crippen LogP contribution in [-0.4, -0.2) is 11.9 Å². The second kappa shape index (κ2) is 6.60. The van der Waals surface area contributed by atoms with Crippen LogP contribution in [0.3, 0.4) is 0 Å². The SMILES string of the molecule is CC1CCC(NC(=O)/C=C/c2cccc(N)c2)CC1C. The quantitative estimate of drug-likeness (QED) is 0.655. The maximum Gasteiger partial charge on any atom is 0.244 e. The molecular weight excluding hydrogens is 248 g/mol. The van der Waals surface area contributed by atoms with E-state index in [0.29, 0.717) is 17.6 Å².